The lowest BCUT2D eigenvalue weighted by Gasteiger charge is -2.15. The molecule has 0 saturated heterocycles. The van der Waals surface area contributed by atoms with E-state index in [0.29, 0.717) is 11.1 Å². The van der Waals surface area contributed by atoms with Gasteiger partial charge in [0.05, 0.1) is 19.3 Å². The number of nitrogens with zero attached hydrogens (tertiary/aromatic N) is 3. The molecule has 2 heterocycles. The van der Waals surface area contributed by atoms with Gasteiger partial charge in [0, 0.05) is 25.4 Å². The molecule has 0 aliphatic carbocycles. The largest absolute Gasteiger partial charge is 1.00 e. The van der Waals surface area contributed by atoms with Gasteiger partial charge in [-0.25, -0.2) is 0 Å². The summed E-state index contributed by atoms with van der Waals surface area (Å²) in [4.78, 5) is 27.0. The van der Waals surface area contributed by atoms with Crippen LogP contribution in [0.25, 0.3) is 22.5 Å². The fourth-order valence-corrected chi connectivity index (χ4v) is 6.02. The van der Waals surface area contributed by atoms with Gasteiger partial charge in [0.2, 0.25) is 11.4 Å². The Kier molecular flexibility index (Phi) is 8.67. The van der Waals surface area contributed by atoms with Gasteiger partial charge < -0.3 is 28.7 Å². The lowest BCUT2D eigenvalue weighted by molar-refractivity contribution is -0.665. The summed E-state index contributed by atoms with van der Waals surface area (Å²) in [5.74, 6) is 0.669. The second-order valence-corrected chi connectivity index (χ2v) is 9.49. The van der Waals surface area contributed by atoms with Gasteiger partial charge in [0.1, 0.15) is 26.2 Å². The third kappa shape index (κ3) is 5.11. The number of carbonyl (C=O) groups is 1. The van der Waals surface area contributed by atoms with Crippen LogP contribution in [0, 0.1) is 0 Å². The zero-order valence-corrected chi connectivity index (χ0v) is 23.2. The molecule has 0 aliphatic heterocycles. The van der Waals surface area contributed by atoms with Gasteiger partial charge in [-0.15, -0.1) is 11.3 Å². The normalized spacial score (nSPS) is 12.1. The van der Waals surface area contributed by atoms with Crippen LogP contribution in [0.3, 0.4) is 0 Å². The Morgan fingerprint density at radius 2 is 1.88 bits per heavy atom. The molecule has 0 saturated carbocycles. The molecule has 0 radical (unpaired) electrons. The second-order valence-electron chi connectivity index (χ2n) is 7.37. The van der Waals surface area contributed by atoms with Crippen LogP contribution in [0.4, 0.5) is 5.69 Å². The SMILES string of the molecule is CCn1c(=O)/c(=C\N(C(C)=O)c2ccccc2)s/c1=C\c1sc2ccc(OC)cc2[n+]1CC.[I-]. The van der Waals surface area contributed by atoms with Crippen molar-refractivity contribution in [1.29, 1.82) is 0 Å². The zero-order valence-electron chi connectivity index (χ0n) is 19.4. The molecule has 0 bridgehead atoms. The third-order valence-corrected chi connectivity index (χ3v) is 7.53. The minimum Gasteiger partial charge on any atom is -1.00 e. The number of aromatic nitrogens is 2. The van der Waals surface area contributed by atoms with Gasteiger partial charge in [-0.2, -0.15) is 4.57 Å². The summed E-state index contributed by atoms with van der Waals surface area (Å²) in [7, 11) is 1.67. The number of amides is 1. The molecule has 0 unspecified atom stereocenters. The van der Waals surface area contributed by atoms with Gasteiger partial charge in [0.25, 0.3) is 10.6 Å². The molecule has 0 fully saturated rings. The summed E-state index contributed by atoms with van der Waals surface area (Å²) in [6.45, 7) is 6.90. The lowest BCUT2D eigenvalue weighted by Crippen LogP contribution is -3.00. The smallest absolute Gasteiger partial charge is 0.270 e. The maximum absolute atomic E-state index is 13.2. The van der Waals surface area contributed by atoms with E-state index >= 15 is 0 Å². The average molecular weight is 608 g/mol. The molecular weight excluding hydrogens is 581 g/mol. The Morgan fingerprint density at radius 3 is 2.50 bits per heavy atom. The lowest BCUT2D eigenvalue weighted by atomic mass is 10.3. The predicted octanol–water partition coefficient (Wildman–Crippen LogP) is 0.0843. The van der Waals surface area contributed by atoms with E-state index in [9.17, 15) is 9.59 Å². The Hall–Kier alpha value is -2.50. The molecule has 2 aromatic carbocycles. The molecule has 6 nitrogen and oxygen atoms in total. The van der Waals surface area contributed by atoms with Crippen molar-refractivity contribution in [2.75, 3.05) is 12.0 Å². The van der Waals surface area contributed by atoms with Crippen LogP contribution in [0.5, 0.6) is 5.75 Å². The summed E-state index contributed by atoms with van der Waals surface area (Å²) >= 11 is 3.08. The zero-order chi connectivity index (χ0) is 23.5. The number of aryl methyl sites for hydroxylation is 1. The highest BCUT2D eigenvalue weighted by atomic mass is 127. The number of fused-ring (bicyclic) bond motifs is 1. The van der Waals surface area contributed by atoms with Crippen LogP contribution in [-0.2, 0) is 17.9 Å². The predicted molar refractivity (Wildman–Crippen MR) is 135 cm³/mol. The van der Waals surface area contributed by atoms with Gasteiger partial charge in [-0.1, -0.05) is 29.5 Å². The van der Waals surface area contributed by atoms with E-state index in [4.69, 9.17) is 4.74 Å². The first-order valence-electron chi connectivity index (χ1n) is 10.7. The number of anilines is 1. The van der Waals surface area contributed by atoms with Gasteiger partial charge >= 0.3 is 0 Å². The van der Waals surface area contributed by atoms with Crippen molar-refractivity contribution in [3.8, 4) is 5.75 Å². The first-order chi connectivity index (χ1) is 16.0. The number of methoxy groups -OCH3 is 1. The monoisotopic (exact) mass is 607 g/mol. The number of thiazole rings is 2. The molecule has 0 aliphatic rings. The van der Waals surface area contributed by atoms with Gasteiger partial charge in [-0.05, 0) is 38.1 Å². The molecule has 0 spiro atoms. The van der Waals surface area contributed by atoms with Crippen molar-refractivity contribution in [3.63, 3.8) is 0 Å². The van der Waals surface area contributed by atoms with E-state index in [0.717, 1.165) is 37.9 Å². The van der Waals surface area contributed by atoms with E-state index < -0.39 is 0 Å². The highest BCUT2D eigenvalue weighted by molar-refractivity contribution is 7.19. The Bertz CT molecular complexity index is 1490. The van der Waals surface area contributed by atoms with Crippen LogP contribution in [0.1, 0.15) is 25.8 Å². The molecule has 1 amide bonds. The number of rotatable bonds is 6. The first-order valence-corrected chi connectivity index (χ1v) is 12.4. The standard InChI is InChI=1S/C25H26N3O3S2.HI/c1-5-26-20-14-19(31-4)12-13-21(20)32-23(26)15-24-27(6-2)25(30)22(33-24)16-28(17(3)29)18-10-8-7-9-11-18;/h7-16H,5-6H2,1-4H3;1H/q+1;/p-1/b22-16+;. The summed E-state index contributed by atoms with van der Waals surface area (Å²) in [5.41, 5.74) is 1.74. The van der Waals surface area contributed by atoms with E-state index in [1.807, 2.05) is 49.4 Å². The van der Waals surface area contributed by atoms with E-state index in [-0.39, 0.29) is 35.4 Å². The van der Waals surface area contributed by atoms with Crippen molar-refractivity contribution < 1.29 is 38.1 Å². The number of carbonyl (C=O) groups excluding carboxylic acids is 1. The van der Waals surface area contributed by atoms with Crippen molar-refractivity contribution in [3.05, 3.63) is 73.1 Å². The molecule has 4 rings (SSSR count). The highest BCUT2D eigenvalue weighted by Crippen LogP contribution is 2.25. The van der Waals surface area contributed by atoms with Crippen LogP contribution in [0.15, 0.2) is 53.3 Å². The number of para-hydroxylation sites is 1. The molecule has 9 heteroatoms. The Balaban J connectivity index is 0.00000324. The van der Waals surface area contributed by atoms with E-state index in [1.165, 1.54) is 23.2 Å². The number of hydrogen-bond acceptors (Lipinski definition) is 5. The van der Waals surface area contributed by atoms with Crippen molar-refractivity contribution in [2.45, 2.75) is 33.9 Å². The minimum absolute atomic E-state index is 0. The second kappa shape index (κ2) is 11.3. The molecule has 0 N–H and O–H groups in total. The fraction of sp³-hybridized carbons (Fsp3) is 0.240. The molecule has 0 atom stereocenters. The molecule has 34 heavy (non-hydrogen) atoms. The summed E-state index contributed by atoms with van der Waals surface area (Å²) in [6.07, 6.45) is 3.71. The number of hydrogen-bond donors (Lipinski definition) is 0. The topological polar surface area (TPSA) is 55.4 Å². The van der Waals surface area contributed by atoms with E-state index in [1.54, 1.807) is 29.2 Å². The number of benzene rings is 2. The molecule has 178 valence electrons. The first kappa shape index (κ1) is 26.1. The summed E-state index contributed by atoms with van der Waals surface area (Å²) in [6, 6.07) is 15.4. The van der Waals surface area contributed by atoms with Crippen molar-refractivity contribution in [2.24, 2.45) is 0 Å². The van der Waals surface area contributed by atoms with Crippen LogP contribution < -0.4 is 52.9 Å². The van der Waals surface area contributed by atoms with Crippen LogP contribution >= 0.6 is 22.7 Å². The van der Waals surface area contributed by atoms with Crippen LogP contribution in [-0.4, -0.2) is 17.6 Å². The quantitative estimate of drug-likeness (QED) is 0.231. The molecule has 4 aromatic rings. The van der Waals surface area contributed by atoms with Crippen molar-refractivity contribution >= 4 is 56.8 Å². The summed E-state index contributed by atoms with van der Waals surface area (Å²) < 4.78 is 11.9. The molecular formula is C25H26IN3O3S2. The maximum atomic E-state index is 13.2. The van der Waals surface area contributed by atoms with Crippen LogP contribution in [0.2, 0.25) is 0 Å². The van der Waals surface area contributed by atoms with Gasteiger partial charge in [0.15, 0.2) is 0 Å². The highest BCUT2D eigenvalue weighted by Gasteiger charge is 2.19. The fourth-order valence-electron chi connectivity index (χ4n) is 3.73. The van der Waals surface area contributed by atoms with Gasteiger partial charge in [-0.3, -0.25) is 19.1 Å². The van der Waals surface area contributed by atoms with Crippen molar-refractivity contribution in [1.82, 2.24) is 4.57 Å². The number of halogens is 1. The number of ether oxygens (including phenoxy) is 1. The summed E-state index contributed by atoms with van der Waals surface area (Å²) in [5, 5.41) is 1.06. The maximum Gasteiger partial charge on any atom is 0.270 e. The third-order valence-electron chi connectivity index (χ3n) is 5.37. The van der Waals surface area contributed by atoms with E-state index in [2.05, 4.69) is 23.6 Å². The molecule has 2 aromatic heterocycles. The Morgan fingerprint density at radius 1 is 1.15 bits per heavy atom. The minimum atomic E-state index is -0.148. The Labute approximate surface area is 223 Å². The average Bonchev–Trinajstić information content (AvgIpc) is 3.32.